The second-order valence-corrected chi connectivity index (χ2v) is 2.54. The molecule has 0 atom stereocenters. The van der Waals surface area contributed by atoms with Crippen molar-refractivity contribution in [1.29, 1.82) is 0 Å². The highest BCUT2D eigenvalue weighted by Gasteiger charge is 2.10. The third kappa shape index (κ3) is 5.15. The largest absolute Gasteiger partial charge is 0.358 e. The quantitative estimate of drug-likeness (QED) is 0.266. The number of hydrazine groups is 1. The normalized spacial score (nSPS) is 9.85. The molecule has 4 N–H and O–H groups in total. The Balaban J connectivity index is 3.89. The minimum absolute atomic E-state index is 0.119. The lowest BCUT2D eigenvalue weighted by molar-refractivity contribution is -0.124. The third-order valence-corrected chi connectivity index (χ3v) is 1.62. The first-order valence-electron chi connectivity index (χ1n) is 4.06. The van der Waals surface area contributed by atoms with Crippen molar-refractivity contribution in [1.82, 2.24) is 15.6 Å². The van der Waals surface area contributed by atoms with E-state index in [1.165, 1.54) is 0 Å². The van der Waals surface area contributed by atoms with Crippen LogP contribution in [-0.2, 0) is 9.59 Å². The van der Waals surface area contributed by atoms with Crippen molar-refractivity contribution in [3.8, 4) is 0 Å². The first-order valence-corrected chi connectivity index (χ1v) is 4.06. The van der Waals surface area contributed by atoms with Crippen LogP contribution in [0.25, 0.3) is 0 Å². The summed E-state index contributed by atoms with van der Waals surface area (Å²) in [5.74, 6) is 4.49. The molecule has 0 radical (unpaired) electrons. The zero-order valence-corrected chi connectivity index (χ0v) is 7.96. The van der Waals surface area contributed by atoms with E-state index in [2.05, 4.69) is 5.32 Å². The van der Waals surface area contributed by atoms with Crippen LogP contribution in [-0.4, -0.2) is 43.4 Å². The lowest BCUT2D eigenvalue weighted by atomic mass is 10.4. The third-order valence-electron chi connectivity index (χ3n) is 1.62. The number of rotatable bonds is 5. The van der Waals surface area contributed by atoms with E-state index in [1.54, 1.807) is 11.9 Å². The molecule has 0 saturated heterocycles. The van der Waals surface area contributed by atoms with Gasteiger partial charge >= 0.3 is 0 Å². The van der Waals surface area contributed by atoms with Crippen LogP contribution in [0.2, 0.25) is 0 Å². The second-order valence-electron chi connectivity index (χ2n) is 2.54. The van der Waals surface area contributed by atoms with E-state index in [0.29, 0.717) is 6.54 Å². The average molecular weight is 188 g/mol. The van der Waals surface area contributed by atoms with Gasteiger partial charge in [-0.3, -0.25) is 19.9 Å². The predicted molar refractivity (Wildman–Crippen MR) is 48.5 cm³/mol. The van der Waals surface area contributed by atoms with Crippen LogP contribution in [0.15, 0.2) is 0 Å². The van der Waals surface area contributed by atoms with Gasteiger partial charge in [0.05, 0.1) is 13.1 Å². The van der Waals surface area contributed by atoms with Crippen molar-refractivity contribution < 1.29 is 9.59 Å². The molecular formula is C7H16N4O2. The van der Waals surface area contributed by atoms with E-state index in [0.717, 1.165) is 0 Å². The van der Waals surface area contributed by atoms with Crippen molar-refractivity contribution in [3.05, 3.63) is 0 Å². The summed E-state index contributed by atoms with van der Waals surface area (Å²) in [5, 5.41) is 2.48. The van der Waals surface area contributed by atoms with Gasteiger partial charge in [-0.25, -0.2) is 5.84 Å². The maximum atomic E-state index is 10.9. The SMILES string of the molecule is CCN(CC(=O)NC)CC(=O)NN. The van der Waals surface area contributed by atoms with Gasteiger partial charge < -0.3 is 5.32 Å². The van der Waals surface area contributed by atoms with Gasteiger partial charge in [-0.05, 0) is 6.54 Å². The van der Waals surface area contributed by atoms with Crippen molar-refractivity contribution in [2.45, 2.75) is 6.92 Å². The van der Waals surface area contributed by atoms with Crippen LogP contribution in [0, 0.1) is 0 Å². The van der Waals surface area contributed by atoms with E-state index in [1.807, 2.05) is 12.3 Å². The Kier molecular flexibility index (Phi) is 5.82. The van der Waals surface area contributed by atoms with Gasteiger partial charge in [0.15, 0.2) is 0 Å². The zero-order valence-electron chi connectivity index (χ0n) is 7.96. The highest BCUT2D eigenvalue weighted by atomic mass is 16.2. The van der Waals surface area contributed by atoms with Gasteiger partial charge in [-0.2, -0.15) is 0 Å². The summed E-state index contributed by atoms with van der Waals surface area (Å²) in [5.41, 5.74) is 2.01. The molecule has 0 fully saturated rings. The van der Waals surface area contributed by atoms with Gasteiger partial charge in [-0.1, -0.05) is 6.92 Å². The molecular weight excluding hydrogens is 172 g/mol. The van der Waals surface area contributed by atoms with E-state index in [-0.39, 0.29) is 24.9 Å². The van der Waals surface area contributed by atoms with Gasteiger partial charge in [0.25, 0.3) is 0 Å². The number of amides is 2. The molecule has 0 aromatic rings. The number of nitrogens with one attached hydrogen (secondary N) is 2. The molecule has 0 aromatic carbocycles. The maximum absolute atomic E-state index is 10.9. The van der Waals surface area contributed by atoms with Crippen LogP contribution in [0.4, 0.5) is 0 Å². The maximum Gasteiger partial charge on any atom is 0.248 e. The summed E-state index contributed by atoms with van der Waals surface area (Å²) in [6.45, 7) is 2.84. The molecule has 6 nitrogen and oxygen atoms in total. The van der Waals surface area contributed by atoms with Crippen molar-refractivity contribution in [2.75, 3.05) is 26.7 Å². The van der Waals surface area contributed by atoms with Crippen LogP contribution in [0.5, 0.6) is 0 Å². The minimum Gasteiger partial charge on any atom is -0.358 e. The van der Waals surface area contributed by atoms with Gasteiger partial charge in [0, 0.05) is 7.05 Å². The number of carbonyl (C=O) groups excluding carboxylic acids is 2. The number of nitrogens with two attached hydrogens (primary N) is 1. The lowest BCUT2D eigenvalue weighted by Gasteiger charge is -2.17. The molecule has 0 rings (SSSR count). The molecule has 76 valence electrons. The molecule has 0 spiro atoms. The fourth-order valence-corrected chi connectivity index (χ4v) is 0.810. The van der Waals surface area contributed by atoms with Crippen molar-refractivity contribution in [3.63, 3.8) is 0 Å². The molecule has 0 bridgehead atoms. The Morgan fingerprint density at radius 1 is 1.31 bits per heavy atom. The van der Waals surface area contributed by atoms with Crippen LogP contribution < -0.4 is 16.6 Å². The first kappa shape index (κ1) is 11.9. The fraction of sp³-hybridized carbons (Fsp3) is 0.714. The van der Waals surface area contributed by atoms with Gasteiger partial charge in [0.1, 0.15) is 0 Å². The first-order chi connectivity index (χ1) is 6.13. The molecule has 13 heavy (non-hydrogen) atoms. The van der Waals surface area contributed by atoms with Crippen LogP contribution in [0.3, 0.4) is 0 Å². The molecule has 0 saturated carbocycles. The van der Waals surface area contributed by atoms with Gasteiger partial charge in [-0.15, -0.1) is 0 Å². The molecule has 0 aliphatic carbocycles. The Hall–Kier alpha value is -1.14. The number of nitrogens with zero attached hydrogens (tertiary/aromatic N) is 1. The smallest absolute Gasteiger partial charge is 0.248 e. The van der Waals surface area contributed by atoms with Crippen LogP contribution >= 0.6 is 0 Å². The zero-order chi connectivity index (χ0) is 10.3. The standard InChI is InChI=1S/C7H16N4O2/c1-3-11(4-6(12)9-2)5-7(13)10-8/h3-5,8H2,1-2H3,(H,9,12)(H,10,13). The predicted octanol–water partition coefficient (Wildman–Crippen LogP) is -1.96. The average Bonchev–Trinajstić information content (AvgIpc) is 2.16. The Bertz CT molecular complexity index is 165. The summed E-state index contributed by atoms with van der Waals surface area (Å²) in [7, 11) is 1.55. The van der Waals surface area contributed by atoms with E-state index in [4.69, 9.17) is 5.84 Å². The molecule has 6 heteroatoms. The molecule has 0 aromatic heterocycles. The summed E-state index contributed by atoms with van der Waals surface area (Å²) in [4.78, 5) is 23.5. The topological polar surface area (TPSA) is 87.5 Å². The van der Waals surface area contributed by atoms with Crippen molar-refractivity contribution >= 4 is 11.8 Å². The number of hydrogen-bond donors (Lipinski definition) is 3. The summed E-state index contributed by atoms with van der Waals surface area (Å²) in [6, 6.07) is 0. The molecule has 0 heterocycles. The number of likely N-dealkylation sites (N-methyl/N-ethyl adjacent to an activating group) is 2. The Morgan fingerprint density at radius 3 is 2.23 bits per heavy atom. The molecule has 2 amide bonds. The molecule has 0 aliphatic rings. The van der Waals surface area contributed by atoms with E-state index < -0.39 is 0 Å². The minimum atomic E-state index is -0.300. The highest BCUT2D eigenvalue weighted by molar-refractivity contribution is 5.80. The molecule has 0 unspecified atom stereocenters. The van der Waals surface area contributed by atoms with Crippen LogP contribution in [0.1, 0.15) is 6.92 Å². The second kappa shape index (κ2) is 6.38. The fourth-order valence-electron chi connectivity index (χ4n) is 0.810. The van der Waals surface area contributed by atoms with Crippen molar-refractivity contribution in [2.24, 2.45) is 5.84 Å². The monoisotopic (exact) mass is 188 g/mol. The summed E-state index contributed by atoms with van der Waals surface area (Å²) >= 11 is 0. The highest BCUT2D eigenvalue weighted by Crippen LogP contribution is 1.86. The lowest BCUT2D eigenvalue weighted by Crippen LogP contribution is -2.43. The molecule has 0 aliphatic heterocycles. The number of carbonyl (C=O) groups is 2. The Labute approximate surface area is 77.4 Å². The van der Waals surface area contributed by atoms with E-state index >= 15 is 0 Å². The van der Waals surface area contributed by atoms with Gasteiger partial charge in [0.2, 0.25) is 11.8 Å². The number of hydrogen-bond acceptors (Lipinski definition) is 4. The van der Waals surface area contributed by atoms with E-state index in [9.17, 15) is 9.59 Å². The Morgan fingerprint density at radius 2 is 1.85 bits per heavy atom. The summed E-state index contributed by atoms with van der Waals surface area (Å²) < 4.78 is 0. The summed E-state index contributed by atoms with van der Waals surface area (Å²) in [6.07, 6.45) is 0.